The molecule has 1 aliphatic carbocycles. The van der Waals surface area contributed by atoms with Crippen molar-refractivity contribution < 1.29 is 22.9 Å². The Morgan fingerprint density at radius 1 is 1.16 bits per heavy atom. The first kappa shape index (κ1) is 19.7. The van der Waals surface area contributed by atoms with Crippen LogP contribution in [0.4, 0.5) is 13.2 Å². The van der Waals surface area contributed by atoms with Crippen LogP contribution in [0.2, 0.25) is 0 Å². The normalized spacial score (nSPS) is 22.5. The number of nitrogens with zero attached hydrogens (tertiary/aromatic N) is 4. The van der Waals surface area contributed by atoms with Gasteiger partial charge in [-0.1, -0.05) is 24.3 Å². The number of rotatable bonds is 1. The fourth-order valence-electron chi connectivity index (χ4n) is 5.64. The van der Waals surface area contributed by atoms with E-state index in [1.165, 1.54) is 11.0 Å². The molecule has 2 atom stereocenters. The molecular weight excluding hydrogens is 419 g/mol. The molecule has 166 valence electrons. The zero-order chi connectivity index (χ0) is 22.0. The van der Waals surface area contributed by atoms with Gasteiger partial charge in [0.2, 0.25) is 0 Å². The fourth-order valence-corrected chi connectivity index (χ4v) is 5.64. The number of benzene rings is 1. The summed E-state index contributed by atoms with van der Waals surface area (Å²) in [5.74, 6) is -0.312. The monoisotopic (exact) mass is 442 g/mol. The van der Waals surface area contributed by atoms with Crippen LogP contribution in [-0.2, 0) is 19.0 Å². The third-order valence-corrected chi connectivity index (χ3v) is 7.16. The van der Waals surface area contributed by atoms with Crippen LogP contribution in [0.3, 0.4) is 0 Å². The van der Waals surface area contributed by atoms with E-state index in [1.54, 1.807) is 4.90 Å². The summed E-state index contributed by atoms with van der Waals surface area (Å²) in [7, 11) is 0. The quantitative estimate of drug-likeness (QED) is 0.628. The van der Waals surface area contributed by atoms with Gasteiger partial charge in [-0.15, -0.1) is 0 Å². The molecule has 9 heteroatoms. The summed E-state index contributed by atoms with van der Waals surface area (Å²) >= 11 is 0. The second kappa shape index (κ2) is 7.03. The Morgan fingerprint density at radius 2 is 2.00 bits per heavy atom. The van der Waals surface area contributed by atoms with Crippen molar-refractivity contribution >= 4 is 11.6 Å². The van der Waals surface area contributed by atoms with Gasteiger partial charge in [-0.05, 0) is 18.4 Å². The molecule has 0 saturated carbocycles. The molecule has 0 radical (unpaired) electrons. The Balaban J connectivity index is 1.45. The van der Waals surface area contributed by atoms with Gasteiger partial charge in [-0.25, -0.2) is 9.50 Å². The highest BCUT2D eigenvalue weighted by molar-refractivity contribution is 5.93. The zero-order valence-corrected chi connectivity index (χ0v) is 17.5. The zero-order valence-electron chi connectivity index (χ0n) is 17.5. The Bertz CT molecular complexity index is 1230. The molecule has 2 fully saturated rings. The van der Waals surface area contributed by atoms with Crippen LogP contribution >= 0.6 is 0 Å². The summed E-state index contributed by atoms with van der Waals surface area (Å²) in [6.07, 6.45) is -1.62. The number of piperazine rings is 1. The number of alkyl halides is 3. The topological polar surface area (TPSA) is 54.9 Å². The Kier molecular flexibility index (Phi) is 4.33. The van der Waals surface area contributed by atoms with Crippen molar-refractivity contribution in [1.82, 2.24) is 19.5 Å². The van der Waals surface area contributed by atoms with E-state index in [2.05, 4.69) is 10.1 Å². The smallest absolute Gasteiger partial charge is 0.330 e. The van der Waals surface area contributed by atoms with E-state index in [0.717, 1.165) is 41.6 Å². The number of amides is 1. The molecule has 3 aromatic rings. The van der Waals surface area contributed by atoms with Gasteiger partial charge in [-0.3, -0.25) is 4.79 Å². The highest BCUT2D eigenvalue weighted by Gasteiger charge is 2.41. The van der Waals surface area contributed by atoms with E-state index in [-0.39, 0.29) is 29.2 Å². The Labute approximate surface area is 182 Å². The first-order valence-electron chi connectivity index (χ1n) is 11.1. The molecule has 6 nitrogen and oxygen atoms in total. The lowest BCUT2D eigenvalue weighted by Crippen LogP contribution is -3.16. The summed E-state index contributed by atoms with van der Waals surface area (Å²) in [5, 5.41) is 4.14. The molecule has 2 saturated heterocycles. The van der Waals surface area contributed by atoms with Crippen molar-refractivity contribution in [3.63, 3.8) is 0 Å². The maximum Gasteiger partial charge on any atom is 0.433 e. The van der Waals surface area contributed by atoms with Crippen molar-refractivity contribution in [1.29, 1.82) is 0 Å². The molecular formula is C23H23F3N5O+. The van der Waals surface area contributed by atoms with E-state index in [1.807, 2.05) is 24.3 Å². The lowest BCUT2D eigenvalue weighted by molar-refractivity contribution is -0.916. The molecule has 1 unspecified atom stereocenters. The maximum atomic E-state index is 14.2. The lowest BCUT2D eigenvalue weighted by Gasteiger charge is -2.34. The van der Waals surface area contributed by atoms with Crippen molar-refractivity contribution in [2.75, 3.05) is 26.2 Å². The van der Waals surface area contributed by atoms with E-state index in [9.17, 15) is 18.0 Å². The fraction of sp³-hybridized carbons (Fsp3) is 0.435. The number of fused-ring (bicyclic) bond motifs is 5. The summed E-state index contributed by atoms with van der Waals surface area (Å²) in [5.41, 5.74) is 1.45. The second-order valence-corrected chi connectivity index (χ2v) is 8.99. The van der Waals surface area contributed by atoms with Gasteiger partial charge < -0.3 is 9.80 Å². The first-order valence-corrected chi connectivity index (χ1v) is 11.1. The van der Waals surface area contributed by atoms with Crippen LogP contribution in [0.25, 0.3) is 16.9 Å². The summed E-state index contributed by atoms with van der Waals surface area (Å²) in [6.45, 7) is 3.24. The SMILES string of the molecule is O=C(c1cc2nc3c(c(C(F)(F)F)n2n1)CCc1ccccc1-3)N1CC[NH+]2CCC[C@@H]2C1. The number of aromatic nitrogens is 3. The van der Waals surface area contributed by atoms with Crippen molar-refractivity contribution in [3.8, 4) is 11.3 Å². The van der Waals surface area contributed by atoms with E-state index in [4.69, 9.17) is 0 Å². The molecule has 6 rings (SSSR count). The molecule has 3 aliphatic rings. The van der Waals surface area contributed by atoms with E-state index >= 15 is 0 Å². The van der Waals surface area contributed by atoms with Gasteiger partial charge in [0.15, 0.2) is 17.0 Å². The van der Waals surface area contributed by atoms with Gasteiger partial charge in [-0.2, -0.15) is 18.3 Å². The predicted molar refractivity (Wildman–Crippen MR) is 110 cm³/mol. The number of hydrogen-bond donors (Lipinski definition) is 1. The largest absolute Gasteiger partial charge is 0.433 e. The van der Waals surface area contributed by atoms with Gasteiger partial charge in [0, 0.05) is 30.0 Å². The van der Waals surface area contributed by atoms with Crippen LogP contribution in [0, 0.1) is 0 Å². The first-order chi connectivity index (χ1) is 15.4. The number of carbonyl (C=O) groups excluding carboxylic acids is 1. The molecule has 2 aliphatic heterocycles. The third kappa shape index (κ3) is 3.02. The van der Waals surface area contributed by atoms with Crippen LogP contribution in [-0.4, -0.2) is 57.6 Å². The van der Waals surface area contributed by atoms with Crippen LogP contribution in [0.1, 0.15) is 40.2 Å². The second-order valence-electron chi connectivity index (χ2n) is 8.99. The Hall–Kier alpha value is -2.94. The maximum absolute atomic E-state index is 14.2. The van der Waals surface area contributed by atoms with Crippen LogP contribution < -0.4 is 4.90 Å². The number of halogens is 3. The van der Waals surface area contributed by atoms with Crippen LogP contribution in [0.5, 0.6) is 0 Å². The van der Waals surface area contributed by atoms with Gasteiger partial charge >= 0.3 is 6.18 Å². The average molecular weight is 442 g/mol. The third-order valence-electron chi connectivity index (χ3n) is 7.16. The molecule has 2 aromatic heterocycles. The predicted octanol–water partition coefficient (Wildman–Crippen LogP) is 2.02. The van der Waals surface area contributed by atoms with Crippen LogP contribution in [0.15, 0.2) is 30.3 Å². The van der Waals surface area contributed by atoms with Crippen molar-refractivity contribution in [2.45, 2.75) is 37.9 Å². The number of quaternary nitrogens is 1. The summed E-state index contributed by atoms with van der Waals surface area (Å²) < 4.78 is 43.5. The molecule has 1 N–H and O–H groups in total. The minimum absolute atomic E-state index is 0.0279. The molecule has 1 amide bonds. The molecule has 1 aromatic carbocycles. The summed E-state index contributed by atoms with van der Waals surface area (Å²) in [6, 6.07) is 9.24. The number of carbonyl (C=O) groups is 1. The average Bonchev–Trinajstić information content (AvgIpc) is 3.42. The van der Waals surface area contributed by atoms with Crippen molar-refractivity contribution in [2.24, 2.45) is 0 Å². The van der Waals surface area contributed by atoms with Gasteiger partial charge in [0.1, 0.15) is 6.04 Å². The molecule has 4 heterocycles. The minimum atomic E-state index is -4.61. The van der Waals surface area contributed by atoms with Crippen molar-refractivity contribution in [3.05, 3.63) is 52.8 Å². The standard InChI is InChI=1S/C23H22F3N5O/c24-23(25,26)21-17-8-7-14-4-1-2-6-16(14)20(17)27-19-12-18(28-31(19)21)22(32)30-11-10-29-9-3-5-15(29)13-30/h1-2,4,6,12,15H,3,5,7-11,13H2/p+1/t15-/m1/s1. The number of aryl methyl sites for hydroxylation is 1. The minimum Gasteiger partial charge on any atom is -0.330 e. The summed E-state index contributed by atoms with van der Waals surface area (Å²) in [4.78, 5) is 21.0. The highest BCUT2D eigenvalue weighted by atomic mass is 19.4. The van der Waals surface area contributed by atoms with E-state index < -0.39 is 11.9 Å². The Morgan fingerprint density at radius 3 is 2.84 bits per heavy atom. The molecule has 0 bridgehead atoms. The van der Waals surface area contributed by atoms with Gasteiger partial charge in [0.05, 0.1) is 31.9 Å². The number of hydrogen-bond acceptors (Lipinski definition) is 3. The lowest BCUT2D eigenvalue weighted by atomic mass is 9.88. The highest BCUT2D eigenvalue weighted by Crippen LogP contribution is 2.40. The number of nitrogens with one attached hydrogen (secondary N) is 1. The molecule has 32 heavy (non-hydrogen) atoms. The van der Waals surface area contributed by atoms with E-state index in [0.29, 0.717) is 31.2 Å². The molecule has 0 spiro atoms. The van der Waals surface area contributed by atoms with Gasteiger partial charge in [0.25, 0.3) is 5.91 Å².